The Labute approximate surface area is 102 Å². The molecule has 1 aromatic rings. The summed E-state index contributed by atoms with van der Waals surface area (Å²) in [7, 11) is 3.95. The number of aryl methyl sites for hydroxylation is 1. The summed E-state index contributed by atoms with van der Waals surface area (Å²) >= 11 is 0. The smallest absolute Gasteiger partial charge is 0.254 e. The number of hydrogen-bond donors (Lipinski definition) is 1. The fourth-order valence-corrected chi connectivity index (χ4v) is 1.51. The van der Waals surface area contributed by atoms with E-state index >= 15 is 0 Å². The zero-order chi connectivity index (χ0) is 12.8. The molecular formula is C13H19FN2O. The van der Waals surface area contributed by atoms with Crippen molar-refractivity contribution >= 4 is 5.91 Å². The van der Waals surface area contributed by atoms with Gasteiger partial charge in [0.25, 0.3) is 5.91 Å². The number of amides is 1. The number of nitrogens with zero attached hydrogens (tertiary/aromatic N) is 1. The molecule has 0 radical (unpaired) electrons. The summed E-state index contributed by atoms with van der Waals surface area (Å²) in [6, 6.07) is 4.54. The van der Waals surface area contributed by atoms with E-state index in [4.69, 9.17) is 0 Å². The summed E-state index contributed by atoms with van der Waals surface area (Å²) in [5, 5.41) is 2.72. The number of rotatable bonds is 5. The summed E-state index contributed by atoms with van der Waals surface area (Å²) in [5.41, 5.74) is 1.000. The lowest BCUT2D eigenvalue weighted by Crippen LogP contribution is -2.27. The van der Waals surface area contributed by atoms with Gasteiger partial charge in [0.15, 0.2) is 0 Å². The third-order valence-electron chi connectivity index (χ3n) is 2.43. The molecular weight excluding hydrogens is 219 g/mol. The second-order valence-corrected chi connectivity index (χ2v) is 4.40. The van der Waals surface area contributed by atoms with Crippen LogP contribution in [0.3, 0.4) is 0 Å². The van der Waals surface area contributed by atoms with Crippen LogP contribution in [-0.4, -0.2) is 38.0 Å². The highest BCUT2D eigenvalue weighted by molar-refractivity contribution is 5.94. The fourth-order valence-electron chi connectivity index (χ4n) is 1.51. The molecule has 3 nitrogen and oxygen atoms in total. The standard InChI is InChI=1S/C13H19FN2O/c1-10-5-6-12(14)11(9-10)13(17)15-7-4-8-16(2)3/h5-6,9H,4,7-8H2,1-3H3,(H,15,17). The molecule has 1 aromatic carbocycles. The minimum absolute atomic E-state index is 0.120. The topological polar surface area (TPSA) is 32.3 Å². The summed E-state index contributed by atoms with van der Waals surface area (Å²) in [5.74, 6) is -0.814. The van der Waals surface area contributed by atoms with Gasteiger partial charge in [0.05, 0.1) is 5.56 Å². The van der Waals surface area contributed by atoms with Gasteiger partial charge in [0.1, 0.15) is 5.82 Å². The Balaban J connectivity index is 2.49. The molecule has 0 spiro atoms. The van der Waals surface area contributed by atoms with Crippen LogP contribution < -0.4 is 5.32 Å². The molecule has 0 aliphatic rings. The minimum Gasteiger partial charge on any atom is -0.352 e. The molecule has 94 valence electrons. The van der Waals surface area contributed by atoms with E-state index in [1.165, 1.54) is 6.07 Å². The molecule has 0 aromatic heterocycles. The van der Waals surface area contributed by atoms with Gasteiger partial charge in [-0.05, 0) is 46.1 Å². The third kappa shape index (κ3) is 4.53. The van der Waals surface area contributed by atoms with Crippen molar-refractivity contribution in [3.63, 3.8) is 0 Å². The maximum absolute atomic E-state index is 13.4. The van der Waals surface area contributed by atoms with Gasteiger partial charge in [-0.3, -0.25) is 4.79 Å². The summed E-state index contributed by atoms with van der Waals surface area (Å²) in [6.07, 6.45) is 0.853. The zero-order valence-corrected chi connectivity index (χ0v) is 10.6. The van der Waals surface area contributed by atoms with E-state index in [2.05, 4.69) is 5.32 Å². The lowest BCUT2D eigenvalue weighted by molar-refractivity contribution is 0.0948. The van der Waals surface area contributed by atoms with Crippen LogP contribution in [0.25, 0.3) is 0 Å². The lowest BCUT2D eigenvalue weighted by atomic mass is 10.1. The highest BCUT2D eigenvalue weighted by atomic mass is 19.1. The Bertz CT molecular complexity index is 391. The van der Waals surface area contributed by atoms with Crippen molar-refractivity contribution in [2.75, 3.05) is 27.2 Å². The number of carbonyl (C=O) groups is 1. The predicted octanol–water partition coefficient (Wildman–Crippen LogP) is 1.82. The Morgan fingerprint density at radius 3 is 2.76 bits per heavy atom. The number of benzene rings is 1. The van der Waals surface area contributed by atoms with E-state index in [1.807, 2.05) is 25.9 Å². The van der Waals surface area contributed by atoms with Crippen molar-refractivity contribution < 1.29 is 9.18 Å². The van der Waals surface area contributed by atoms with E-state index in [1.54, 1.807) is 12.1 Å². The van der Waals surface area contributed by atoms with Gasteiger partial charge >= 0.3 is 0 Å². The maximum atomic E-state index is 13.4. The van der Waals surface area contributed by atoms with Gasteiger partial charge in [0, 0.05) is 6.54 Å². The Hall–Kier alpha value is -1.42. The number of halogens is 1. The maximum Gasteiger partial charge on any atom is 0.254 e. The molecule has 0 heterocycles. The number of carbonyl (C=O) groups excluding carboxylic acids is 1. The molecule has 0 saturated carbocycles. The van der Waals surface area contributed by atoms with Crippen molar-refractivity contribution in [1.82, 2.24) is 10.2 Å². The number of hydrogen-bond acceptors (Lipinski definition) is 2. The van der Waals surface area contributed by atoms with E-state index < -0.39 is 5.82 Å². The summed E-state index contributed by atoms with van der Waals surface area (Å²) < 4.78 is 13.4. The third-order valence-corrected chi connectivity index (χ3v) is 2.43. The lowest BCUT2D eigenvalue weighted by Gasteiger charge is -2.10. The van der Waals surface area contributed by atoms with Crippen molar-refractivity contribution in [3.05, 3.63) is 35.1 Å². The zero-order valence-electron chi connectivity index (χ0n) is 10.6. The molecule has 4 heteroatoms. The second-order valence-electron chi connectivity index (χ2n) is 4.40. The van der Waals surface area contributed by atoms with Crippen LogP contribution in [0.1, 0.15) is 22.3 Å². The van der Waals surface area contributed by atoms with Gasteiger partial charge in [-0.2, -0.15) is 0 Å². The fraction of sp³-hybridized carbons (Fsp3) is 0.462. The first-order chi connectivity index (χ1) is 8.00. The molecule has 0 saturated heterocycles. The molecule has 0 aliphatic carbocycles. The van der Waals surface area contributed by atoms with Gasteiger partial charge in [-0.15, -0.1) is 0 Å². The van der Waals surface area contributed by atoms with Gasteiger partial charge in [-0.1, -0.05) is 11.6 Å². The Morgan fingerprint density at radius 2 is 2.12 bits per heavy atom. The summed E-state index contributed by atoms with van der Waals surface area (Å²) in [6.45, 7) is 3.29. The highest BCUT2D eigenvalue weighted by Crippen LogP contribution is 2.09. The molecule has 1 rings (SSSR count). The quantitative estimate of drug-likeness (QED) is 0.794. The van der Waals surface area contributed by atoms with Crippen LogP contribution in [0, 0.1) is 12.7 Å². The van der Waals surface area contributed by atoms with Gasteiger partial charge in [-0.25, -0.2) is 4.39 Å². The van der Waals surface area contributed by atoms with E-state index in [-0.39, 0.29) is 11.5 Å². The minimum atomic E-state index is -0.472. The predicted molar refractivity (Wildman–Crippen MR) is 66.6 cm³/mol. The highest BCUT2D eigenvalue weighted by Gasteiger charge is 2.10. The average Bonchev–Trinajstić information content (AvgIpc) is 2.27. The number of nitrogens with one attached hydrogen (secondary N) is 1. The molecule has 0 bridgehead atoms. The van der Waals surface area contributed by atoms with E-state index in [9.17, 15) is 9.18 Å². The second kappa shape index (κ2) is 6.35. The van der Waals surface area contributed by atoms with Crippen molar-refractivity contribution in [2.45, 2.75) is 13.3 Å². The first-order valence-corrected chi connectivity index (χ1v) is 5.70. The van der Waals surface area contributed by atoms with Crippen LogP contribution in [0.2, 0.25) is 0 Å². The van der Waals surface area contributed by atoms with Gasteiger partial charge < -0.3 is 10.2 Å². The molecule has 0 fully saturated rings. The molecule has 1 N–H and O–H groups in total. The SMILES string of the molecule is Cc1ccc(F)c(C(=O)NCCCN(C)C)c1. The van der Waals surface area contributed by atoms with Crippen LogP contribution in [0.5, 0.6) is 0 Å². The average molecular weight is 238 g/mol. The molecule has 1 amide bonds. The van der Waals surface area contributed by atoms with E-state index in [0.29, 0.717) is 6.54 Å². The monoisotopic (exact) mass is 238 g/mol. The first-order valence-electron chi connectivity index (χ1n) is 5.70. The Morgan fingerprint density at radius 1 is 1.41 bits per heavy atom. The van der Waals surface area contributed by atoms with Crippen molar-refractivity contribution in [2.24, 2.45) is 0 Å². The van der Waals surface area contributed by atoms with Crippen molar-refractivity contribution in [3.8, 4) is 0 Å². The molecule has 0 aliphatic heterocycles. The largest absolute Gasteiger partial charge is 0.352 e. The van der Waals surface area contributed by atoms with Crippen LogP contribution in [-0.2, 0) is 0 Å². The van der Waals surface area contributed by atoms with Crippen LogP contribution in [0.15, 0.2) is 18.2 Å². The first kappa shape index (κ1) is 13.6. The van der Waals surface area contributed by atoms with Crippen molar-refractivity contribution in [1.29, 1.82) is 0 Å². The molecule has 0 unspecified atom stereocenters. The van der Waals surface area contributed by atoms with Crippen LogP contribution >= 0.6 is 0 Å². The van der Waals surface area contributed by atoms with E-state index in [0.717, 1.165) is 18.5 Å². The van der Waals surface area contributed by atoms with Gasteiger partial charge in [0.2, 0.25) is 0 Å². The Kier molecular flexibility index (Phi) is 5.10. The summed E-state index contributed by atoms with van der Waals surface area (Å²) in [4.78, 5) is 13.7. The van der Waals surface area contributed by atoms with Crippen LogP contribution in [0.4, 0.5) is 4.39 Å². The normalized spacial score (nSPS) is 10.6. The molecule has 17 heavy (non-hydrogen) atoms. The molecule has 0 atom stereocenters.